The zero-order chi connectivity index (χ0) is 12.9. The van der Waals surface area contributed by atoms with E-state index in [4.69, 9.17) is 4.74 Å². The number of ether oxygens (including phenoxy) is 1. The van der Waals surface area contributed by atoms with E-state index in [1.54, 1.807) is 0 Å². The lowest BCUT2D eigenvalue weighted by molar-refractivity contribution is -0.920. The van der Waals surface area contributed by atoms with Gasteiger partial charge in [0.1, 0.15) is 6.04 Å². The lowest BCUT2D eigenvalue weighted by Gasteiger charge is -2.41. The predicted octanol–water partition coefficient (Wildman–Crippen LogP) is -4.26. The van der Waals surface area contributed by atoms with Crippen LogP contribution >= 0.6 is 0 Å². The molecule has 1 heterocycles. The number of rotatable bonds is 6. The fourth-order valence-electron chi connectivity index (χ4n) is 2.58. The normalized spacial score (nSPS) is 22.3. The minimum absolute atomic E-state index is 0. The molecule has 19 heavy (non-hydrogen) atoms. The van der Waals surface area contributed by atoms with Gasteiger partial charge in [0.2, 0.25) is 0 Å². The molecule has 1 saturated heterocycles. The Hall–Kier alpha value is 0.840. The predicted molar refractivity (Wildman–Crippen MR) is 72.9 cm³/mol. The van der Waals surface area contributed by atoms with Gasteiger partial charge in [-0.25, -0.2) is 0 Å². The van der Waals surface area contributed by atoms with Crippen molar-refractivity contribution in [3.05, 3.63) is 0 Å². The van der Waals surface area contributed by atoms with Crippen LogP contribution in [0.1, 0.15) is 25.7 Å². The van der Waals surface area contributed by atoms with Crippen LogP contribution in [-0.4, -0.2) is 76.5 Å². The summed E-state index contributed by atoms with van der Waals surface area (Å²) in [5, 5.41) is 0. The molecular weight excluding hydrogens is 372 g/mol. The Balaban J connectivity index is 0. The second-order valence-corrected chi connectivity index (χ2v) is 7.09. The van der Waals surface area contributed by atoms with Crippen molar-refractivity contribution in [1.29, 1.82) is 0 Å². The molecular formula is C14H32Br2N2O. The minimum Gasteiger partial charge on any atom is -1.00 e. The highest BCUT2D eigenvalue weighted by molar-refractivity contribution is 4.63. The number of nitrogens with zero attached hydrogens (tertiary/aromatic N) is 2. The van der Waals surface area contributed by atoms with Crippen LogP contribution in [0.3, 0.4) is 0 Å². The van der Waals surface area contributed by atoms with Gasteiger partial charge in [-0.05, 0) is 12.8 Å². The molecule has 0 radical (unpaired) electrons. The minimum atomic E-state index is 0. The quantitative estimate of drug-likeness (QED) is 0.322. The number of likely N-dealkylation sites (tertiary alicyclic amines) is 1. The number of likely N-dealkylation sites (N-methyl/N-ethyl adjacent to an activating group) is 1. The smallest absolute Gasteiger partial charge is 0.112 e. The average molecular weight is 404 g/mol. The van der Waals surface area contributed by atoms with Crippen molar-refractivity contribution in [3.8, 4) is 0 Å². The molecule has 1 aliphatic rings. The SMILES string of the molecule is C[N+](C)(C)CCCOCC1CCCC[N+]1(C)C.[Br-].[Br-]. The van der Waals surface area contributed by atoms with Crippen LogP contribution in [0.5, 0.6) is 0 Å². The highest BCUT2D eigenvalue weighted by Crippen LogP contribution is 2.21. The lowest BCUT2D eigenvalue weighted by Crippen LogP contribution is -3.00. The Morgan fingerprint density at radius 2 is 1.74 bits per heavy atom. The van der Waals surface area contributed by atoms with Crippen LogP contribution in [-0.2, 0) is 4.74 Å². The maximum absolute atomic E-state index is 5.88. The molecule has 5 heteroatoms. The summed E-state index contributed by atoms with van der Waals surface area (Å²) >= 11 is 0. The number of piperidine rings is 1. The fraction of sp³-hybridized carbons (Fsp3) is 1.00. The summed E-state index contributed by atoms with van der Waals surface area (Å²) in [6, 6.07) is 0.716. The summed E-state index contributed by atoms with van der Waals surface area (Å²) in [5.74, 6) is 0. The van der Waals surface area contributed by atoms with Gasteiger partial charge in [-0.1, -0.05) is 0 Å². The van der Waals surface area contributed by atoms with Gasteiger partial charge >= 0.3 is 0 Å². The van der Waals surface area contributed by atoms with Crippen molar-refractivity contribution in [1.82, 2.24) is 0 Å². The topological polar surface area (TPSA) is 9.23 Å². The molecule has 0 aromatic carbocycles. The van der Waals surface area contributed by atoms with Crippen molar-refractivity contribution < 1.29 is 47.7 Å². The molecule has 0 bridgehead atoms. The van der Waals surface area contributed by atoms with E-state index in [0.717, 1.165) is 22.2 Å². The second-order valence-electron chi connectivity index (χ2n) is 7.09. The maximum atomic E-state index is 5.88. The molecule has 118 valence electrons. The molecule has 0 spiro atoms. The monoisotopic (exact) mass is 402 g/mol. The van der Waals surface area contributed by atoms with Crippen LogP contribution in [0.25, 0.3) is 0 Å². The summed E-state index contributed by atoms with van der Waals surface area (Å²) in [5.41, 5.74) is 0. The molecule has 3 nitrogen and oxygen atoms in total. The molecule has 0 saturated carbocycles. The second kappa shape index (κ2) is 9.72. The summed E-state index contributed by atoms with van der Waals surface area (Å²) in [7, 11) is 11.4. The van der Waals surface area contributed by atoms with Gasteiger partial charge in [0.15, 0.2) is 0 Å². The van der Waals surface area contributed by atoms with Crippen molar-refractivity contribution in [2.75, 3.05) is 61.5 Å². The zero-order valence-corrected chi connectivity index (χ0v) is 16.5. The average Bonchev–Trinajstić information content (AvgIpc) is 2.17. The van der Waals surface area contributed by atoms with Gasteiger partial charge in [-0.15, -0.1) is 0 Å². The molecule has 1 fully saturated rings. The van der Waals surface area contributed by atoms with Crippen LogP contribution in [0, 0.1) is 0 Å². The molecule has 0 aliphatic carbocycles. The van der Waals surface area contributed by atoms with Crippen LogP contribution in [0.2, 0.25) is 0 Å². The Bertz CT molecular complexity index is 230. The first-order valence-electron chi connectivity index (χ1n) is 7.02. The summed E-state index contributed by atoms with van der Waals surface area (Å²) in [6.07, 6.45) is 5.27. The first kappa shape index (κ1) is 22.1. The zero-order valence-electron chi connectivity index (χ0n) is 13.3. The first-order valence-corrected chi connectivity index (χ1v) is 7.02. The third-order valence-corrected chi connectivity index (χ3v) is 3.94. The first-order chi connectivity index (χ1) is 7.81. The van der Waals surface area contributed by atoms with Crippen molar-refractivity contribution in [3.63, 3.8) is 0 Å². The van der Waals surface area contributed by atoms with E-state index in [0.29, 0.717) is 6.04 Å². The Labute approximate surface area is 141 Å². The molecule has 0 N–H and O–H groups in total. The molecule has 0 aromatic heterocycles. The third kappa shape index (κ3) is 9.40. The van der Waals surface area contributed by atoms with E-state index in [2.05, 4.69) is 35.2 Å². The van der Waals surface area contributed by atoms with Crippen molar-refractivity contribution in [2.24, 2.45) is 0 Å². The molecule has 1 rings (SSSR count). The molecule has 1 aliphatic heterocycles. The maximum Gasteiger partial charge on any atom is 0.112 e. The number of hydrogen-bond acceptors (Lipinski definition) is 1. The van der Waals surface area contributed by atoms with Gasteiger partial charge in [-0.3, -0.25) is 0 Å². The summed E-state index contributed by atoms with van der Waals surface area (Å²) in [4.78, 5) is 0. The van der Waals surface area contributed by atoms with E-state index < -0.39 is 0 Å². The van der Waals surface area contributed by atoms with Crippen molar-refractivity contribution >= 4 is 0 Å². The van der Waals surface area contributed by atoms with Crippen LogP contribution in [0.4, 0.5) is 0 Å². The number of quaternary nitrogens is 2. The largest absolute Gasteiger partial charge is 1.00 e. The van der Waals surface area contributed by atoms with Crippen molar-refractivity contribution in [2.45, 2.75) is 31.7 Å². The van der Waals surface area contributed by atoms with Gasteiger partial charge in [-0.2, -0.15) is 0 Å². The van der Waals surface area contributed by atoms with E-state index in [1.807, 2.05) is 0 Å². The molecule has 1 unspecified atom stereocenters. The van der Waals surface area contributed by atoms with E-state index >= 15 is 0 Å². The van der Waals surface area contributed by atoms with Gasteiger partial charge in [0, 0.05) is 12.8 Å². The van der Waals surface area contributed by atoms with Crippen LogP contribution in [0.15, 0.2) is 0 Å². The highest BCUT2D eigenvalue weighted by atomic mass is 79.9. The van der Waals surface area contributed by atoms with Gasteiger partial charge < -0.3 is 47.7 Å². The lowest BCUT2D eigenvalue weighted by atomic mass is 10.0. The molecule has 1 atom stereocenters. The van der Waals surface area contributed by atoms with Gasteiger partial charge in [0.25, 0.3) is 0 Å². The number of halogens is 2. The Kier molecular flexibility index (Phi) is 11.3. The summed E-state index contributed by atoms with van der Waals surface area (Å²) in [6.45, 7) is 4.38. The highest BCUT2D eigenvalue weighted by Gasteiger charge is 2.31. The standard InChI is InChI=1S/C14H32N2O.2BrH/c1-15(2,3)10-8-12-17-13-14-9-6-7-11-16(14,4)5;;/h14H,6-13H2,1-5H3;2*1H/q+2;;/p-2. The Morgan fingerprint density at radius 1 is 1.11 bits per heavy atom. The number of hydrogen-bond donors (Lipinski definition) is 0. The summed E-state index contributed by atoms with van der Waals surface area (Å²) < 4.78 is 8.06. The van der Waals surface area contributed by atoms with Gasteiger partial charge in [0.05, 0.1) is 61.5 Å². The Morgan fingerprint density at radius 3 is 2.26 bits per heavy atom. The van der Waals surface area contributed by atoms with Crippen LogP contribution < -0.4 is 34.0 Å². The molecule has 0 aromatic rings. The molecule has 0 amide bonds. The fourth-order valence-corrected chi connectivity index (χ4v) is 2.58. The van der Waals surface area contributed by atoms with E-state index in [1.165, 1.54) is 38.8 Å². The van der Waals surface area contributed by atoms with E-state index in [-0.39, 0.29) is 34.0 Å². The third-order valence-electron chi connectivity index (χ3n) is 3.94. The van der Waals surface area contributed by atoms with E-state index in [9.17, 15) is 0 Å².